The molecular weight excluding hydrogens is 238 g/mol. The van der Waals surface area contributed by atoms with Crippen molar-refractivity contribution in [3.05, 3.63) is 29.8 Å². The number of nitrogens with zero attached hydrogens (tertiary/aromatic N) is 1. The molecule has 0 radical (unpaired) electrons. The van der Waals surface area contributed by atoms with Gasteiger partial charge in [0, 0.05) is 13.0 Å². The maximum absolute atomic E-state index is 11.4. The lowest BCUT2D eigenvalue weighted by Crippen LogP contribution is -2.34. The van der Waals surface area contributed by atoms with Crippen LogP contribution in [0.15, 0.2) is 24.3 Å². The van der Waals surface area contributed by atoms with Crippen LogP contribution in [0.25, 0.3) is 0 Å². The first kappa shape index (κ1) is 12.5. The second-order valence-corrected chi connectivity index (χ2v) is 5.46. The van der Waals surface area contributed by atoms with E-state index in [1.54, 1.807) is 0 Å². The summed E-state index contributed by atoms with van der Waals surface area (Å²) in [7, 11) is 0. The van der Waals surface area contributed by atoms with Gasteiger partial charge in [0.1, 0.15) is 0 Å². The number of hydrazine groups is 1. The minimum atomic E-state index is 0.122. The number of para-hydroxylation sites is 1. The molecule has 0 bridgehead atoms. The molecule has 4 heteroatoms. The SMILES string of the molecule is O=C1CCN(c2ccccc2CC2CCNCC2)N1. The lowest BCUT2D eigenvalue weighted by atomic mass is 9.90. The summed E-state index contributed by atoms with van der Waals surface area (Å²) in [5, 5.41) is 5.41. The fourth-order valence-corrected chi connectivity index (χ4v) is 3.00. The first-order valence-electron chi connectivity index (χ1n) is 7.18. The summed E-state index contributed by atoms with van der Waals surface area (Å²) < 4.78 is 0. The van der Waals surface area contributed by atoms with Gasteiger partial charge in [-0.25, -0.2) is 0 Å². The molecule has 2 aliphatic heterocycles. The van der Waals surface area contributed by atoms with Crippen LogP contribution in [0.5, 0.6) is 0 Å². The van der Waals surface area contributed by atoms with Gasteiger partial charge in [-0.05, 0) is 49.9 Å². The summed E-state index contributed by atoms with van der Waals surface area (Å²) in [6.07, 6.45) is 4.22. The summed E-state index contributed by atoms with van der Waals surface area (Å²) in [5.74, 6) is 0.886. The van der Waals surface area contributed by atoms with Crippen LogP contribution < -0.4 is 15.8 Å². The molecule has 3 rings (SSSR count). The van der Waals surface area contributed by atoms with Gasteiger partial charge in [0.15, 0.2) is 0 Å². The van der Waals surface area contributed by atoms with Gasteiger partial charge in [0.05, 0.1) is 5.69 Å². The van der Waals surface area contributed by atoms with E-state index in [2.05, 4.69) is 28.9 Å². The third-order valence-electron chi connectivity index (χ3n) is 4.07. The van der Waals surface area contributed by atoms with Crippen molar-refractivity contribution in [1.82, 2.24) is 10.7 Å². The first-order valence-corrected chi connectivity index (χ1v) is 7.18. The largest absolute Gasteiger partial charge is 0.317 e. The third kappa shape index (κ3) is 2.89. The monoisotopic (exact) mass is 259 g/mol. The Bertz CT molecular complexity index is 454. The Labute approximate surface area is 114 Å². The van der Waals surface area contributed by atoms with E-state index in [0.29, 0.717) is 6.42 Å². The second-order valence-electron chi connectivity index (χ2n) is 5.46. The summed E-state index contributed by atoms with van der Waals surface area (Å²) in [5.41, 5.74) is 5.46. The Hall–Kier alpha value is -1.55. The van der Waals surface area contributed by atoms with Gasteiger partial charge in [-0.2, -0.15) is 0 Å². The molecule has 2 saturated heterocycles. The molecule has 2 aliphatic rings. The number of piperidine rings is 1. The highest BCUT2D eigenvalue weighted by Crippen LogP contribution is 2.26. The molecule has 102 valence electrons. The zero-order valence-corrected chi connectivity index (χ0v) is 11.2. The Morgan fingerprint density at radius 1 is 1.21 bits per heavy atom. The third-order valence-corrected chi connectivity index (χ3v) is 4.07. The topological polar surface area (TPSA) is 44.4 Å². The number of benzene rings is 1. The number of carbonyl (C=O) groups excluding carboxylic acids is 1. The molecule has 1 amide bonds. The predicted molar refractivity (Wildman–Crippen MR) is 75.8 cm³/mol. The van der Waals surface area contributed by atoms with Crippen molar-refractivity contribution in [2.24, 2.45) is 5.92 Å². The zero-order chi connectivity index (χ0) is 13.1. The Kier molecular flexibility index (Phi) is 3.69. The number of anilines is 1. The molecule has 0 spiro atoms. The summed E-state index contributed by atoms with van der Waals surface area (Å²) >= 11 is 0. The minimum Gasteiger partial charge on any atom is -0.317 e. The average Bonchev–Trinajstić information content (AvgIpc) is 2.87. The van der Waals surface area contributed by atoms with Gasteiger partial charge in [-0.3, -0.25) is 15.2 Å². The van der Waals surface area contributed by atoms with Crippen molar-refractivity contribution in [2.45, 2.75) is 25.7 Å². The molecule has 0 saturated carbocycles. The molecular formula is C15H21N3O. The van der Waals surface area contributed by atoms with E-state index in [9.17, 15) is 4.79 Å². The van der Waals surface area contributed by atoms with E-state index in [1.807, 2.05) is 11.1 Å². The van der Waals surface area contributed by atoms with E-state index in [1.165, 1.54) is 24.1 Å². The Morgan fingerprint density at radius 2 is 2.00 bits per heavy atom. The number of hydrogen-bond acceptors (Lipinski definition) is 3. The molecule has 4 nitrogen and oxygen atoms in total. The van der Waals surface area contributed by atoms with Crippen molar-refractivity contribution in [2.75, 3.05) is 24.6 Å². The highest BCUT2D eigenvalue weighted by molar-refractivity contribution is 5.81. The lowest BCUT2D eigenvalue weighted by molar-refractivity contribution is -0.119. The van der Waals surface area contributed by atoms with Crippen molar-refractivity contribution in [1.29, 1.82) is 0 Å². The second kappa shape index (κ2) is 5.61. The number of amides is 1. The van der Waals surface area contributed by atoms with Crippen LogP contribution in [0.2, 0.25) is 0 Å². The standard InChI is InChI=1S/C15H21N3O/c19-15-7-10-18(17-15)14-4-2-1-3-13(14)11-12-5-8-16-9-6-12/h1-4,12,16H,5-11H2,(H,17,19). The summed E-state index contributed by atoms with van der Waals surface area (Å²) in [4.78, 5) is 11.4. The van der Waals surface area contributed by atoms with E-state index in [0.717, 1.165) is 32.0 Å². The van der Waals surface area contributed by atoms with Crippen molar-refractivity contribution in [3.8, 4) is 0 Å². The first-order chi connectivity index (χ1) is 9.33. The highest BCUT2D eigenvalue weighted by atomic mass is 16.2. The Balaban J connectivity index is 1.75. The van der Waals surface area contributed by atoms with Crippen LogP contribution in [0.3, 0.4) is 0 Å². The van der Waals surface area contributed by atoms with Crippen LogP contribution in [-0.4, -0.2) is 25.5 Å². The van der Waals surface area contributed by atoms with E-state index >= 15 is 0 Å². The molecule has 0 aliphatic carbocycles. The van der Waals surface area contributed by atoms with Crippen LogP contribution in [-0.2, 0) is 11.2 Å². The smallest absolute Gasteiger partial charge is 0.240 e. The molecule has 0 aromatic heterocycles. The average molecular weight is 259 g/mol. The van der Waals surface area contributed by atoms with Gasteiger partial charge in [-0.15, -0.1) is 0 Å². The molecule has 1 aromatic rings. The van der Waals surface area contributed by atoms with Crippen molar-refractivity contribution in [3.63, 3.8) is 0 Å². The molecule has 19 heavy (non-hydrogen) atoms. The number of rotatable bonds is 3. The Morgan fingerprint density at radius 3 is 2.74 bits per heavy atom. The van der Waals surface area contributed by atoms with Gasteiger partial charge in [-0.1, -0.05) is 18.2 Å². The fraction of sp³-hybridized carbons (Fsp3) is 0.533. The van der Waals surface area contributed by atoms with Crippen LogP contribution >= 0.6 is 0 Å². The molecule has 0 atom stereocenters. The van der Waals surface area contributed by atoms with Crippen molar-refractivity contribution < 1.29 is 4.79 Å². The highest BCUT2D eigenvalue weighted by Gasteiger charge is 2.22. The molecule has 2 fully saturated rings. The number of nitrogens with one attached hydrogen (secondary N) is 2. The number of hydrogen-bond donors (Lipinski definition) is 2. The van der Waals surface area contributed by atoms with Gasteiger partial charge < -0.3 is 5.32 Å². The fourth-order valence-electron chi connectivity index (χ4n) is 3.00. The van der Waals surface area contributed by atoms with E-state index in [4.69, 9.17) is 0 Å². The van der Waals surface area contributed by atoms with Gasteiger partial charge in [0.25, 0.3) is 0 Å². The normalized spacial score (nSPS) is 20.6. The minimum absolute atomic E-state index is 0.122. The number of carbonyl (C=O) groups is 1. The lowest BCUT2D eigenvalue weighted by Gasteiger charge is -2.26. The quantitative estimate of drug-likeness (QED) is 0.864. The van der Waals surface area contributed by atoms with E-state index in [-0.39, 0.29) is 5.91 Å². The summed E-state index contributed by atoms with van der Waals surface area (Å²) in [6.45, 7) is 3.04. The van der Waals surface area contributed by atoms with Crippen molar-refractivity contribution >= 4 is 11.6 Å². The van der Waals surface area contributed by atoms with E-state index < -0.39 is 0 Å². The molecule has 1 aromatic carbocycles. The predicted octanol–water partition coefficient (Wildman–Crippen LogP) is 1.47. The molecule has 2 N–H and O–H groups in total. The molecule has 2 heterocycles. The van der Waals surface area contributed by atoms with Crippen LogP contribution in [0.1, 0.15) is 24.8 Å². The maximum Gasteiger partial charge on any atom is 0.240 e. The van der Waals surface area contributed by atoms with Crippen LogP contribution in [0.4, 0.5) is 5.69 Å². The molecule has 0 unspecified atom stereocenters. The van der Waals surface area contributed by atoms with Gasteiger partial charge in [0.2, 0.25) is 5.91 Å². The van der Waals surface area contributed by atoms with Crippen LogP contribution in [0, 0.1) is 5.92 Å². The summed E-state index contributed by atoms with van der Waals surface area (Å²) in [6, 6.07) is 8.45. The van der Waals surface area contributed by atoms with Gasteiger partial charge >= 0.3 is 0 Å². The zero-order valence-electron chi connectivity index (χ0n) is 11.2. The maximum atomic E-state index is 11.4.